The molecular weight excluding hydrogens is 352 g/mol. The van der Waals surface area contributed by atoms with Gasteiger partial charge in [0.1, 0.15) is 11.6 Å². The molecule has 3 rings (SSSR count). The van der Waals surface area contributed by atoms with Gasteiger partial charge in [-0.1, -0.05) is 6.07 Å². The molecule has 0 aromatic heterocycles. The van der Waals surface area contributed by atoms with Crippen LogP contribution in [0.15, 0.2) is 30.0 Å². The number of rotatable bonds is 4. The number of fused-ring (bicyclic) bond motifs is 1. The van der Waals surface area contributed by atoms with Crippen LogP contribution >= 0.6 is 0 Å². The van der Waals surface area contributed by atoms with E-state index in [-0.39, 0.29) is 25.0 Å². The van der Waals surface area contributed by atoms with Crippen LogP contribution in [0.4, 0.5) is 4.79 Å². The van der Waals surface area contributed by atoms with Crippen molar-refractivity contribution >= 4 is 12.0 Å². The van der Waals surface area contributed by atoms with Gasteiger partial charge in [-0.05, 0) is 17.7 Å². The fourth-order valence-electron chi connectivity index (χ4n) is 2.81. The first-order valence-electron chi connectivity index (χ1n) is 8.46. The predicted octanol–water partition coefficient (Wildman–Crippen LogP) is 0.823. The topological polar surface area (TPSA) is 104 Å². The van der Waals surface area contributed by atoms with E-state index in [1.807, 2.05) is 17.0 Å². The third kappa shape index (κ3) is 4.41. The van der Waals surface area contributed by atoms with Gasteiger partial charge < -0.3 is 29.3 Å². The summed E-state index contributed by atoms with van der Waals surface area (Å²) in [6.45, 7) is 2.45. The van der Waals surface area contributed by atoms with Crippen LogP contribution in [0.2, 0.25) is 0 Å². The van der Waals surface area contributed by atoms with Crippen LogP contribution in [-0.4, -0.2) is 61.9 Å². The van der Waals surface area contributed by atoms with Gasteiger partial charge in [-0.3, -0.25) is 4.79 Å². The van der Waals surface area contributed by atoms with Gasteiger partial charge in [0.2, 0.25) is 6.79 Å². The number of nitriles is 1. The van der Waals surface area contributed by atoms with Crippen LogP contribution in [0.5, 0.6) is 11.5 Å². The maximum absolute atomic E-state index is 12.3. The fourth-order valence-corrected chi connectivity index (χ4v) is 2.81. The third-order valence-electron chi connectivity index (χ3n) is 4.31. The summed E-state index contributed by atoms with van der Waals surface area (Å²) in [5.74, 6) is 0.862. The van der Waals surface area contributed by atoms with Crippen molar-refractivity contribution in [3.05, 3.63) is 35.5 Å². The standard InChI is InChI=1S/C18H20N4O5/c1-25-18(24)22-6-4-21(5-7-22)11-14(9-19)17(23)20-10-13-2-3-15-16(8-13)27-12-26-15/h2-3,8,11H,4-7,10,12H2,1H3,(H,20,23)/b14-11-. The molecule has 0 atom stereocenters. The molecule has 0 bridgehead atoms. The van der Waals surface area contributed by atoms with Crippen molar-refractivity contribution in [3.63, 3.8) is 0 Å². The molecule has 0 aliphatic carbocycles. The molecule has 2 aliphatic rings. The normalized spacial score (nSPS) is 15.9. The third-order valence-corrected chi connectivity index (χ3v) is 4.31. The van der Waals surface area contributed by atoms with Crippen molar-refractivity contribution in [1.82, 2.24) is 15.1 Å². The van der Waals surface area contributed by atoms with Gasteiger partial charge in [0, 0.05) is 38.9 Å². The Hall–Kier alpha value is -3.41. The molecule has 2 heterocycles. The first-order chi connectivity index (χ1) is 13.1. The van der Waals surface area contributed by atoms with E-state index in [0.717, 1.165) is 5.56 Å². The molecule has 1 aromatic carbocycles. The molecule has 142 valence electrons. The monoisotopic (exact) mass is 372 g/mol. The quantitative estimate of drug-likeness (QED) is 0.616. The highest BCUT2D eigenvalue weighted by molar-refractivity contribution is 5.97. The highest BCUT2D eigenvalue weighted by Crippen LogP contribution is 2.32. The van der Waals surface area contributed by atoms with Crippen molar-refractivity contribution in [1.29, 1.82) is 5.26 Å². The highest BCUT2D eigenvalue weighted by atomic mass is 16.7. The number of hydrogen-bond donors (Lipinski definition) is 1. The van der Waals surface area contributed by atoms with E-state index in [2.05, 4.69) is 10.1 Å². The second-order valence-electron chi connectivity index (χ2n) is 6.02. The van der Waals surface area contributed by atoms with Crippen LogP contribution in [0, 0.1) is 11.3 Å². The van der Waals surface area contributed by atoms with E-state index in [1.54, 1.807) is 17.0 Å². The number of hydrogen-bond acceptors (Lipinski definition) is 7. The van der Waals surface area contributed by atoms with Crippen LogP contribution in [0.25, 0.3) is 0 Å². The summed E-state index contributed by atoms with van der Waals surface area (Å²) in [5, 5.41) is 12.0. The lowest BCUT2D eigenvalue weighted by Crippen LogP contribution is -2.47. The molecule has 0 unspecified atom stereocenters. The fraction of sp³-hybridized carbons (Fsp3) is 0.389. The number of nitrogens with zero attached hydrogens (tertiary/aromatic N) is 3. The van der Waals surface area contributed by atoms with Gasteiger partial charge in [-0.2, -0.15) is 5.26 Å². The van der Waals surface area contributed by atoms with Gasteiger partial charge in [0.15, 0.2) is 11.5 Å². The van der Waals surface area contributed by atoms with Gasteiger partial charge in [-0.15, -0.1) is 0 Å². The SMILES string of the molecule is COC(=O)N1CCN(/C=C(/C#N)C(=O)NCc2ccc3c(c2)OCO3)CC1. The summed E-state index contributed by atoms with van der Waals surface area (Å²) in [5.41, 5.74) is 0.860. The number of carbonyl (C=O) groups excluding carboxylic acids is 2. The molecule has 1 saturated heterocycles. The summed E-state index contributed by atoms with van der Waals surface area (Å²) in [7, 11) is 1.34. The maximum Gasteiger partial charge on any atom is 0.409 e. The number of ether oxygens (including phenoxy) is 3. The highest BCUT2D eigenvalue weighted by Gasteiger charge is 2.21. The Labute approximate surface area is 156 Å². The van der Waals surface area contributed by atoms with Crippen LogP contribution in [0.1, 0.15) is 5.56 Å². The minimum Gasteiger partial charge on any atom is -0.454 e. The zero-order valence-corrected chi connectivity index (χ0v) is 14.9. The number of amides is 2. The Morgan fingerprint density at radius 2 is 2.00 bits per heavy atom. The number of piperazine rings is 1. The molecule has 0 radical (unpaired) electrons. The maximum atomic E-state index is 12.3. The number of nitrogens with one attached hydrogen (secondary N) is 1. The van der Waals surface area contributed by atoms with Gasteiger partial charge in [0.05, 0.1) is 7.11 Å². The molecule has 2 aliphatic heterocycles. The first-order valence-corrected chi connectivity index (χ1v) is 8.46. The van der Waals surface area contributed by atoms with Gasteiger partial charge in [-0.25, -0.2) is 4.79 Å². The minimum absolute atomic E-state index is 0.0160. The summed E-state index contributed by atoms with van der Waals surface area (Å²) in [6, 6.07) is 7.34. The van der Waals surface area contributed by atoms with Crippen molar-refractivity contribution < 1.29 is 23.8 Å². The summed E-state index contributed by atoms with van der Waals surface area (Å²) < 4.78 is 15.2. The predicted molar refractivity (Wildman–Crippen MR) is 93.7 cm³/mol. The molecule has 0 spiro atoms. The second kappa shape index (κ2) is 8.31. The van der Waals surface area contributed by atoms with E-state index >= 15 is 0 Å². The number of carbonyl (C=O) groups is 2. The molecule has 2 amide bonds. The van der Waals surface area contributed by atoms with Gasteiger partial charge in [0.25, 0.3) is 5.91 Å². The number of methoxy groups -OCH3 is 1. The van der Waals surface area contributed by atoms with Crippen molar-refractivity contribution in [2.24, 2.45) is 0 Å². The summed E-state index contributed by atoms with van der Waals surface area (Å²) in [4.78, 5) is 27.2. The summed E-state index contributed by atoms with van der Waals surface area (Å²) >= 11 is 0. The zero-order chi connectivity index (χ0) is 19.2. The molecule has 1 N–H and O–H groups in total. The largest absolute Gasteiger partial charge is 0.454 e. The first kappa shape index (κ1) is 18.4. The van der Waals surface area contributed by atoms with Crippen molar-refractivity contribution in [3.8, 4) is 17.6 Å². The lowest BCUT2D eigenvalue weighted by molar-refractivity contribution is -0.117. The van der Waals surface area contributed by atoms with Crippen molar-refractivity contribution in [2.45, 2.75) is 6.54 Å². The van der Waals surface area contributed by atoms with E-state index < -0.39 is 5.91 Å². The molecule has 27 heavy (non-hydrogen) atoms. The molecule has 1 aromatic rings. The number of benzene rings is 1. The second-order valence-corrected chi connectivity index (χ2v) is 6.02. The molecule has 9 heteroatoms. The van der Waals surface area contributed by atoms with Crippen molar-refractivity contribution in [2.75, 3.05) is 40.1 Å². The average molecular weight is 372 g/mol. The molecule has 0 saturated carbocycles. The van der Waals surface area contributed by atoms with E-state index in [4.69, 9.17) is 9.47 Å². The smallest absolute Gasteiger partial charge is 0.409 e. The van der Waals surface area contributed by atoms with Crippen LogP contribution in [0.3, 0.4) is 0 Å². The Bertz CT molecular complexity index is 793. The molecule has 9 nitrogen and oxygen atoms in total. The van der Waals surface area contributed by atoms with Gasteiger partial charge >= 0.3 is 6.09 Å². The molecular formula is C18H20N4O5. The Morgan fingerprint density at radius 1 is 1.26 bits per heavy atom. The van der Waals surface area contributed by atoms with E-state index in [9.17, 15) is 14.9 Å². The zero-order valence-electron chi connectivity index (χ0n) is 14.9. The Kier molecular flexibility index (Phi) is 5.66. The lowest BCUT2D eigenvalue weighted by Gasteiger charge is -2.33. The Balaban J connectivity index is 1.54. The molecule has 1 fully saturated rings. The summed E-state index contributed by atoms with van der Waals surface area (Å²) in [6.07, 6.45) is 1.16. The Morgan fingerprint density at radius 3 is 2.70 bits per heavy atom. The van der Waals surface area contributed by atoms with E-state index in [0.29, 0.717) is 37.7 Å². The van der Waals surface area contributed by atoms with Crippen LogP contribution in [-0.2, 0) is 16.1 Å². The van der Waals surface area contributed by atoms with Crippen LogP contribution < -0.4 is 14.8 Å². The minimum atomic E-state index is -0.453. The van der Waals surface area contributed by atoms with E-state index in [1.165, 1.54) is 13.3 Å². The lowest BCUT2D eigenvalue weighted by atomic mass is 10.2. The average Bonchev–Trinajstić information content (AvgIpc) is 3.18.